The SMILES string of the molecule is CN=C(NCCCN1CCCCCC1)NC1CCN(c2ncccc2Cl)C1.I. The van der Waals surface area contributed by atoms with Gasteiger partial charge in [0, 0.05) is 38.9 Å². The average Bonchev–Trinajstić information content (AvgIpc) is 2.98. The molecule has 2 fully saturated rings. The largest absolute Gasteiger partial charge is 0.356 e. The fraction of sp³-hybridized carbons (Fsp3) is 0.700. The molecule has 1 aromatic heterocycles. The predicted octanol–water partition coefficient (Wildman–Crippen LogP) is 3.36. The van der Waals surface area contributed by atoms with Gasteiger partial charge in [0.25, 0.3) is 0 Å². The summed E-state index contributed by atoms with van der Waals surface area (Å²) < 4.78 is 0. The van der Waals surface area contributed by atoms with Gasteiger partial charge in [0.2, 0.25) is 0 Å². The summed E-state index contributed by atoms with van der Waals surface area (Å²) in [6.45, 7) is 6.52. The molecule has 8 heteroatoms. The molecular weight excluding hydrogens is 487 g/mol. The van der Waals surface area contributed by atoms with E-state index in [1.807, 2.05) is 19.2 Å². The summed E-state index contributed by atoms with van der Waals surface area (Å²) in [5.41, 5.74) is 0. The van der Waals surface area contributed by atoms with Gasteiger partial charge in [0.1, 0.15) is 5.82 Å². The number of aliphatic imine (C=N–C) groups is 1. The number of nitrogens with zero attached hydrogens (tertiary/aromatic N) is 4. The number of anilines is 1. The molecule has 28 heavy (non-hydrogen) atoms. The second-order valence-corrected chi connectivity index (χ2v) is 7.90. The molecule has 1 unspecified atom stereocenters. The van der Waals surface area contributed by atoms with Crippen molar-refractivity contribution in [1.29, 1.82) is 0 Å². The van der Waals surface area contributed by atoms with Gasteiger partial charge in [0.05, 0.1) is 5.02 Å². The average molecular weight is 521 g/mol. The normalized spacial score (nSPS) is 21.1. The summed E-state index contributed by atoms with van der Waals surface area (Å²) in [6.07, 6.45) is 9.51. The molecule has 6 nitrogen and oxygen atoms in total. The Labute approximate surface area is 191 Å². The van der Waals surface area contributed by atoms with Crippen molar-refractivity contribution in [3.05, 3.63) is 23.4 Å². The Hall–Kier alpha value is -0.800. The Morgan fingerprint density at radius 3 is 2.75 bits per heavy atom. The van der Waals surface area contributed by atoms with Crippen molar-refractivity contribution in [2.45, 2.75) is 44.6 Å². The second-order valence-electron chi connectivity index (χ2n) is 7.49. The molecule has 2 saturated heterocycles. The molecule has 0 aliphatic carbocycles. The summed E-state index contributed by atoms with van der Waals surface area (Å²) in [7, 11) is 1.84. The number of rotatable bonds is 6. The lowest BCUT2D eigenvalue weighted by Crippen LogP contribution is -2.45. The minimum atomic E-state index is 0. The maximum absolute atomic E-state index is 6.28. The van der Waals surface area contributed by atoms with Crippen LogP contribution in [-0.4, -0.2) is 68.2 Å². The molecule has 2 N–H and O–H groups in total. The zero-order valence-corrected chi connectivity index (χ0v) is 20.0. The van der Waals surface area contributed by atoms with Crippen LogP contribution in [0.4, 0.5) is 5.82 Å². The standard InChI is InChI=1S/C20H33ClN6.HI/c1-22-20(24-11-7-14-26-12-4-2-3-5-13-26)25-17-9-15-27(16-17)19-18(21)8-6-10-23-19;/h6,8,10,17H,2-5,7,9,11-16H2,1H3,(H2,22,24,25);1H. The molecule has 0 bridgehead atoms. The van der Waals surface area contributed by atoms with Gasteiger partial charge < -0.3 is 20.4 Å². The van der Waals surface area contributed by atoms with Crippen LogP contribution in [0.3, 0.4) is 0 Å². The van der Waals surface area contributed by atoms with Gasteiger partial charge in [0.15, 0.2) is 5.96 Å². The molecule has 0 saturated carbocycles. The maximum atomic E-state index is 6.28. The van der Waals surface area contributed by atoms with E-state index in [9.17, 15) is 0 Å². The summed E-state index contributed by atoms with van der Waals surface area (Å²) in [6, 6.07) is 4.13. The van der Waals surface area contributed by atoms with Crippen molar-refractivity contribution in [1.82, 2.24) is 20.5 Å². The molecule has 2 aliphatic heterocycles. The van der Waals surface area contributed by atoms with Gasteiger partial charge >= 0.3 is 0 Å². The first-order chi connectivity index (χ1) is 13.3. The van der Waals surface area contributed by atoms with Crippen molar-refractivity contribution in [2.75, 3.05) is 51.2 Å². The Balaban J connectivity index is 0.00000280. The van der Waals surface area contributed by atoms with Gasteiger partial charge in [-0.25, -0.2) is 4.98 Å². The fourth-order valence-corrected chi connectivity index (χ4v) is 4.18. The van der Waals surface area contributed by atoms with Gasteiger partial charge in [-0.05, 0) is 57.5 Å². The Morgan fingerprint density at radius 1 is 1.25 bits per heavy atom. The summed E-state index contributed by atoms with van der Waals surface area (Å²) in [4.78, 5) is 13.7. The summed E-state index contributed by atoms with van der Waals surface area (Å²) in [5, 5.41) is 7.73. The van der Waals surface area contributed by atoms with E-state index in [0.29, 0.717) is 11.1 Å². The molecule has 0 radical (unpaired) electrons. The number of pyridine rings is 1. The van der Waals surface area contributed by atoms with E-state index in [2.05, 4.69) is 30.4 Å². The molecule has 158 valence electrons. The lowest BCUT2D eigenvalue weighted by atomic mass is 10.2. The first-order valence-electron chi connectivity index (χ1n) is 10.3. The van der Waals surface area contributed by atoms with E-state index in [-0.39, 0.29) is 24.0 Å². The van der Waals surface area contributed by atoms with Crippen LogP contribution in [0.1, 0.15) is 38.5 Å². The van der Waals surface area contributed by atoms with Crippen molar-refractivity contribution in [2.24, 2.45) is 4.99 Å². The number of likely N-dealkylation sites (tertiary alicyclic amines) is 1. The van der Waals surface area contributed by atoms with Crippen LogP contribution in [0, 0.1) is 0 Å². The Bertz CT molecular complexity index is 606. The zero-order valence-electron chi connectivity index (χ0n) is 16.9. The zero-order chi connectivity index (χ0) is 18.9. The third-order valence-corrected chi connectivity index (χ3v) is 5.73. The van der Waals surface area contributed by atoms with E-state index in [1.54, 1.807) is 6.20 Å². The Morgan fingerprint density at radius 2 is 2.04 bits per heavy atom. The van der Waals surface area contributed by atoms with Gasteiger partial charge in [-0.3, -0.25) is 4.99 Å². The number of hydrogen-bond donors (Lipinski definition) is 2. The number of guanidine groups is 1. The van der Waals surface area contributed by atoms with Crippen LogP contribution in [0.25, 0.3) is 0 Å². The van der Waals surface area contributed by atoms with Gasteiger partial charge in [-0.1, -0.05) is 24.4 Å². The minimum Gasteiger partial charge on any atom is -0.356 e. The second kappa shape index (κ2) is 12.7. The monoisotopic (exact) mass is 520 g/mol. The molecule has 2 aliphatic rings. The predicted molar refractivity (Wildman–Crippen MR) is 129 cm³/mol. The lowest BCUT2D eigenvalue weighted by Gasteiger charge is -2.21. The van der Waals surface area contributed by atoms with Crippen molar-refractivity contribution in [3.8, 4) is 0 Å². The van der Waals surface area contributed by atoms with Crippen LogP contribution >= 0.6 is 35.6 Å². The van der Waals surface area contributed by atoms with E-state index in [4.69, 9.17) is 11.6 Å². The van der Waals surface area contributed by atoms with Crippen LogP contribution in [0.5, 0.6) is 0 Å². The minimum absolute atomic E-state index is 0. The van der Waals surface area contributed by atoms with Crippen molar-refractivity contribution >= 4 is 47.4 Å². The summed E-state index contributed by atoms with van der Waals surface area (Å²) >= 11 is 6.28. The van der Waals surface area contributed by atoms with E-state index in [0.717, 1.165) is 44.3 Å². The lowest BCUT2D eigenvalue weighted by molar-refractivity contribution is 0.282. The highest BCUT2D eigenvalue weighted by Gasteiger charge is 2.25. The number of halogens is 2. The molecule has 1 aromatic rings. The maximum Gasteiger partial charge on any atom is 0.191 e. The highest BCUT2D eigenvalue weighted by atomic mass is 127. The number of aromatic nitrogens is 1. The highest BCUT2D eigenvalue weighted by Crippen LogP contribution is 2.25. The van der Waals surface area contributed by atoms with Crippen LogP contribution in [0.15, 0.2) is 23.3 Å². The van der Waals surface area contributed by atoms with Crippen molar-refractivity contribution in [3.63, 3.8) is 0 Å². The quantitative estimate of drug-likeness (QED) is 0.261. The first kappa shape index (κ1) is 23.5. The number of nitrogens with one attached hydrogen (secondary N) is 2. The van der Waals surface area contributed by atoms with Crippen LogP contribution in [0.2, 0.25) is 5.02 Å². The molecule has 0 amide bonds. The molecular formula is C20H34ClIN6. The third-order valence-electron chi connectivity index (χ3n) is 5.43. The summed E-state index contributed by atoms with van der Waals surface area (Å²) in [5.74, 6) is 1.77. The van der Waals surface area contributed by atoms with Crippen LogP contribution < -0.4 is 15.5 Å². The van der Waals surface area contributed by atoms with E-state index >= 15 is 0 Å². The molecule has 0 aromatic carbocycles. The molecule has 3 rings (SSSR count). The van der Waals surface area contributed by atoms with Gasteiger partial charge in [-0.15, -0.1) is 24.0 Å². The van der Waals surface area contributed by atoms with Crippen LogP contribution in [-0.2, 0) is 0 Å². The number of hydrogen-bond acceptors (Lipinski definition) is 4. The van der Waals surface area contributed by atoms with Crippen molar-refractivity contribution < 1.29 is 0 Å². The molecule has 3 heterocycles. The van der Waals surface area contributed by atoms with E-state index < -0.39 is 0 Å². The molecule has 1 atom stereocenters. The smallest absolute Gasteiger partial charge is 0.191 e. The van der Waals surface area contributed by atoms with E-state index in [1.165, 1.54) is 45.3 Å². The third kappa shape index (κ3) is 7.22. The fourth-order valence-electron chi connectivity index (χ4n) is 3.94. The first-order valence-corrected chi connectivity index (χ1v) is 10.7. The highest BCUT2D eigenvalue weighted by molar-refractivity contribution is 14.0. The Kier molecular flexibility index (Phi) is 10.6. The topological polar surface area (TPSA) is 55.8 Å². The van der Waals surface area contributed by atoms with Gasteiger partial charge in [-0.2, -0.15) is 0 Å². The molecule has 0 spiro atoms.